The molecule has 48 heavy (non-hydrogen) atoms. The number of ether oxygens (including phenoxy) is 2. The molecule has 0 aliphatic heterocycles. The third kappa shape index (κ3) is 29.4. The predicted octanol–water partition coefficient (Wildman–Crippen LogP) is 5.56. The summed E-state index contributed by atoms with van der Waals surface area (Å²) in [7, 11) is -8.21. The summed E-state index contributed by atoms with van der Waals surface area (Å²) in [6, 6.07) is 11.4. The standard InChI is InChI=1S/C13H18O10S2.C9H7Cl.C6H10.C3H8N4/c14-13(15)10-7-11(22-3-1-5-24(16,17)18)9-12(8-10)23-4-2-6-25(19,20)21;1-2-8-3-5-9(7-10)6-4-8;1-3-5-6-4-2;4-2-1-3-6-7-5/h7-9H,1-6H2,(H,14,15)(H,16,17,18)(H,19,20,21);1,3-6H,7H2;1H,4-6H2,2H3;1-4H2. The van der Waals surface area contributed by atoms with Crippen LogP contribution < -0.4 is 15.2 Å². The van der Waals surface area contributed by atoms with Crippen LogP contribution in [-0.4, -0.2) is 74.8 Å². The van der Waals surface area contributed by atoms with Crippen molar-refractivity contribution in [3.05, 3.63) is 69.6 Å². The van der Waals surface area contributed by atoms with E-state index in [9.17, 15) is 21.6 Å². The Bertz CT molecular complexity index is 1490. The molecule has 0 fully saturated rings. The van der Waals surface area contributed by atoms with E-state index >= 15 is 0 Å². The number of halogens is 1. The van der Waals surface area contributed by atoms with Gasteiger partial charge in [0, 0.05) is 35.4 Å². The fraction of sp³-hybridized carbons (Fsp3) is 0.452. The van der Waals surface area contributed by atoms with Gasteiger partial charge in [-0.3, -0.25) is 9.11 Å². The second-order valence-electron chi connectivity index (χ2n) is 9.35. The Labute approximate surface area is 288 Å². The summed E-state index contributed by atoms with van der Waals surface area (Å²) in [6.45, 7) is 3.10. The van der Waals surface area contributed by atoms with Gasteiger partial charge in [-0.15, -0.1) is 30.4 Å². The van der Waals surface area contributed by atoms with Crippen LogP contribution in [0, 0.1) is 24.7 Å². The molecule has 0 bridgehead atoms. The summed E-state index contributed by atoms with van der Waals surface area (Å²) >= 11 is 5.57. The lowest BCUT2D eigenvalue weighted by molar-refractivity contribution is 0.0695. The number of unbranched alkanes of at least 4 members (excludes halogenated alkanes) is 2. The molecule has 0 aliphatic rings. The zero-order valence-electron chi connectivity index (χ0n) is 26.7. The molecule has 2 aromatic rings. The van der Waals surface area contributed by atoms with E-state index in [1.165, 1.54) is 31.0 Å². The Morgan fingerprint density at radius 3 is 1.81 bits per heavy atom. The van der Waals surface area contributed by atoms with Gasteiger partial charge >= 0.3 is 5.97 Å². The molecule has 266 valence electrons. The van der Waals surface area contributed by atoms with Crippen molar-refractivity contribution < 1.29 is 45.3 Å². The van der Waals surface area contributed by atoms with E-state index in [4.69, 9.17) is 59.4 Å². The zero-order valence-corrected chi connectivity index (χ0v) is 29.1. The van der Waals surface area contributed by atoms with Crippen molar-refractivity contribution in [2.45, 2.75) is 51.3 Å². The smallest absolute Gasteiger partial charge is 0.335 e. The van der Waals surface area contributed by atoms with Crippen LogP contribution in [0.15, 0.2) is 47.6 Å². The van der Waals surface area contributed by atoms with Crippen molar-refractivity contribution in [3.63, 3.8) is 0 Å². The van der Waals surface area contributed by atoms with Gasteiger partial charge in [0.1, 0.15) is 11.5 Å². The molecule has 14 nitrogen and oxygen atoms in total. The Morgan fingerprint density at radius 2 is 1.48 bits per heavy atom. The zero-order chi connectivity index (χ0) is 36.8. The topological polar surface area (TPSA) is 239 Å². The number of nitrogens with zero attached hydrogens (tertiary/aromatic N) is 3. The predicted molar refractivity (Wildman–Crippen MR) is 186 cm³/mol. The molecule has 0 heterocycles. The molecule has 0 radical (unpaired) electrons. The molecule has 0 atom stereocenters. The number of azide groups is 1. The molecule has 0 unspecified atom stereocenters. The van der Waals surface area contributed by atoms with E-state index in [0.717, 1.165) is 24.0 Å². The molecule has 0 spiro atoms. The molecule has 2 aromatic carbocycles. The Balaban J connectivity index is 0. The van der Waals surface area contributed by atoms with Gasteiger partial charge in [0.25, 0.3) is 20.2 Å². The first kappa shape index (κ1) is 46.1. The lowest BCUT2D eigenvalue weighted by Gasteiger charge is -2.11. The minimum absolute atomic E-state index is 0.000677. The van der Waals surface area contributed by atoms with Crippen LogP contribution in [0.25, 0.3) is 10.4 Å². The average Bonchev–Trinajstić information content (AvgIpc) is 3.04. The van der Waals surface area contributed by atoms with E-state index < -0.39 is 37.7 Å². The average molecular weight is 731 g/mol. The molecule has 0 saturated carbocycles. The second-order valence-corrected chi connectivity index (χ2v) is 12.8. The largest absolute Gasteiger partial charge is 0.493 e. The Hall–Kier alpha value is -3.99. The van der Waals surface area contributed by atoms with Gasteiger partial charge in [-0.25, -0.2) is 4.79 Å². The first-order valence-corrected chi connectivity index (χ1v) is 18.2. The van der Waals surface area contributed by atoms with Crippen LogP contribution in [0.5, 0.6) is 11.5 Å². The minimum atomic E-state index is -4.10. The molecule has 17 heteroatoms. The SMILES string of the molecule is C#CCCCC.C#Cc1ccc(CCl)cc1.O=C(O)c1cc(OCCCS(=O)(=O)O)cc(OCCCS(=O)(=O)O)c1.[N-]=[N+]=NCCCN. The first-order valence-electron chi connectivity index (χ1n) is 14.5. The minimum Gasteiger partial charge on any atom is -0.493 e. The summed E-state index contributed by atoms with van der Waals surface area (Å²) in [5.74, 6) is 3.64. The molecule has 0 amide bonds. The summed E-state index contributed by atoms with van der Waals surface area (Å²) < 4.78 is 70.1. The number of hydrogen-bond donors (Lipinski definition) is 4. The van der Waals surface area contributed by atoms with E-state index in [1.54, 1.807) is 0 Å². The molecule has 0 aliphatic carbocycles. The van der Waals surface area contributed by atoms with E-state index in [2.05, 4.69) is 28.8 Å². The van der Waals surface area contributed by atoms with Crippen molar-refractivity contribution in [1.82, 2.24) is 0 Å². The number of carboxylic acids is 1. The lowest BCUT2D eigenvalue weighted by Crippen LogP contribution is -2.10. The van der Waals surface area contributed by atoms with Crippen molar-refractivity contribution in [2.24, 2.45) is 10.8 Å². The van der Waals surface area contributed by atoms with Gasteiger partial charge in [-0.05, 0) is 67.6 Å². The fourth-order valence-electron chi connectivity index (χ4n) is 2.90. The highest BCUT2D eigenvalue weighted by Gasteiger charge is 2.11. The van der Waals surface area contributed by atoms with Crippen molar-refractivity contribution >= 4 is 37.8 Å². The number of nitrogens with two attached hydrogens (primary N) is 1. The highest BCUT2D eigenvalue weighted by Crippen LogP contribution is 2.23. The van der Waals surface area contributed by atoms with Crippen LogP contribution in [0.1, 0.15) is 66.9 Å². The highest BCUT2D eigenvalue weighted by atomic mass is 35.5. The van der Waals surface area contributed by atoms with Gasteiger partial charge in [0.2, 0.25) is 0 Å². The summed E-state index contributed by atoms with van der Waals surface area (Å²) in [4.78, 5) is 13.6. The third-order valence-corrected chi connectivity index (χ3v) is 7.15. The second kappa shape index (κ2) is 28.1. The normalized spacial score (nSPS) is 10.1. The monoisotopic (exact) mass is 730 g/mol. The maximum absolute atomic E-state index is 11.1. The molecule has 0 saturated heterocycles. The number of aromatic carboxylic acids is 1. The lowest BCUT2D eigenvalue weighted by atomic mass is 10.2. The van der Waals surface area contributed by atoms with E-state index in [-0.39, 0.29) is 43.1 Å². The van der Waals surface area contributed by atoms with E-state index in [0.29, 0.717) is 19.0 Å². The number of carboxylic acid groups (broad SMARTS) is 1. The molecule has 0 aromatic heterocycles. The van der Waals surface area contributed by atoms with Gasteiger partial charge in [-0.2, -0.15) is 16.8 Å². The number of hydrogen-bond acceptors (Lipinski definition) is 9. The summed E-state index contributed by atoms with van der Waals surface area (Å²) in [5, 5.41) is 12.3. The van der Waals surface area contributed by atoms with Crippen LogP contribution in [0.3, 0.4) is 0 Å². The number of carbonyl (C=O) groups is 1. The maximum atomic E-state index is 11.1. The van der Waals surface area contributed by atoms with Crippen LogP contribution in [0.4, 0.5) is 0 Å². The van der Waals surface area contributed by atoms with Crippen molar-refractivity contribution in [2.75, 3.05) is 37.8 Å². The van der Waals surface area contributed by atoms with Gasteiger partial charge in [-0.1, -0.05) is 36.5 Å². The van der Waals surface area contributed by atoms with Gasteiger partial charge in [0.15, 0.2) is 0 Å². The summed E-state index contributed by atoms with van der Waals surface area (Å²) in [5.41, 5.74) is 14.6. The third-order valence-electron chi connectivity index (χ3n) is 5.23. The molecular weight excluding hydrogens is 688 g/mol. The molecular formula is C31H43ClN4O10S2. The Morgan fingerprint density at radius 1 is 0.958 bits per heavy atom. The van der Waals surface area contributed by atoms with Crippen LogP contribution >= 0.6 is 11.6 Å². The Kier molecular flexibility index (Phi) is 27.0. The van der Waals surface area contributed by atoms with Gasteiger partial charge < -0.3 is 20.3 Å². The maximum Gasteiger partial charge on any atom is 0.335 e. The van der Waals surface area contributed by atoms with Crippen LogP contribution in [-0.2, 0) is 26.1 Å². The van der Waals surface area contributed by atoms with Gasteiger partial charge in [0.05, 0.1) is 30.3 Å². The van der Waals surface area contributed by atoms with Crippen LogP contribution in [0.2, 0.25) is 0 Å². The number of terminal acetylenes is 2. The fourth-order valence-corrected chi connectivity index (χ4v) is 4.04. The van der Waals surface area contributed by atoms with E-state index in [1.807, 2.05) is 24.3 Å². The number of benzene rings is 2. The summed E-state index contributed by atoms with van der Waals surface area (Å²) in [6.07, 6.45) is 14.2. The highest BCUT2D eigenvalue weighted by molar-refractivity contribution is 7.86. The number of rotatable bonds is 17. The quantitative estimate of drug-likeness (QED) is 0.0299. The molecule has 5 N–H and O–H groups in total. The first-order chi connectivity index (χ1) is 22.7. The number of alkyl halides is 1. The van der Waals surface area contributed by atoms with Crippen molar-refractivity contribution in [1.29, 1.82) is 0 Å². The molecule has 2 rings (SSSR count). The van der Waals surface area contributed by atoms with Crippen molar-refractivity contribution in [3.8, 4) is 36.2 Å².